The lowest BCUT2D eigenvalue weighted by molar-refractivity contribution is -0.117. The molecule has 35 heavy (non-hydrogen) atoms. The van der Waals surface area contributed by atoms with Crippen LogP contribution in [0.2, 0.25) is 0 Å². The van der Waals surface area contributed by atoms with Gasteiger partial charge in [-0.05, 0) is 47.5 Å². The Bertz CT molecular complexity index is 1300. The molecule has 0 saturated heterocycles. The van der Waals surface area contributed by atoms with Gasteiger partial charge in [-0.15, -0.1) is 6.58 Å². The number of anilines is 1. The number of benzene rings is 3. The van der Waals surface area contributed by atoms with Gasteiger partial charge in [0.15, 0.2) is 0 Å². The van der Waals surface area contributed by atoms with Gasteiger partial charge in [-0.2, -0.15) is 9.57 Å². The Morgan fingerprint density at radius 3 is 2.34 bits per heavy atom. The molecular weight excluding hydrogens is 460 g/mol. The summed E-state index contributed by atoms with van der Waals surface area (Å²) >= 11 is 0. The first-order chi connectivity index (χ1) is 16.8. The lowest BCUT2D eigenvalue weighted by atomic mass is 10.1. The zero-order chi connectivity index (χ0) is 25.3. The van der Waals surface area contributed by atoms with E-state index in [0.29, 0.717) is 24.3 Å². The number of hydrogen-bond donors (Lipinski definition) is 1. The molecule has 0 aliphatic rings. The maximum absolute atomic E-state index is 12.9. The molecule has 0 heterocycles. The molecule has 0 fully saturated rings. The average molecular weight is 489 g/mol. The van der Waals surface area contributed by atoms with Gasteiger partial charge in [-0.3, -0.25) is 9.69 Å². The van der Waals surface area contributed by atoms with E-state index in [9.17, 15) is 13.2 Å². The number of sulfonamides is 1. The van der Waals surface area contributed by atoms with E-state index in [1.54, 1.807) is 37.4 Å². The van der Waals surface area contributed by atoms with Crippen LogP contribution < -0.4 is 5.32 Å². The van der Waals surface area contributed by atoms with Crippen molar-refractivity contribution in [2.45, 2.75) is 18.0 Å². The maximum Gasteiger partial charge on any atom is 0.243 e. The van der Waals surface area contributed by atoms with Crippen molar-refractivity contribution >= 4 is 21.6 Å². The number of nitrogens with zero attached hydrogens (tertiary/aromatic N) is 3. The van der Waals surface area contributed by atoms with Crippen molar-refractivity contribution in [1.82, 2.24) is 9.21 Å². The first kappa shape index (κ1) is 25.8. The van der Waals surface area contributed by atoms with Crippen molar-refractivity contribution in [3.05, 3.63) is 108 Å². The minimum atomic E-state index is -3.67. The van der Waals surface area contributed by atoms with Gasteiger partial charge in [0.05, 0.1) is 23.1 Å². The molecule has 8 heteroatoms. The zero-order valence-electron chi connectivity index (χ0n) is 19.6. The fraction of sp³-hybridized carbons (Fsp3) is 0.185. The maximum atomic E-state index is 12.9. The fourth-order valence-corrected chi connectivity index (χ4v) is 4.74. The molecule has 180 valence electrons. The predicted molar refractivity (Wildman–Crippen MR) is 137 cm³/mol. The van der Waals surface area contributed by atoms with Crippen LogP contribution in [-0.4, -0.2) is 43.7 Å². The molecule has 1 N–H and O–H groups in total. The van der Waals surface area contributed by atoms with Gasteiger partial charge in [0.1, 0.15) is 0 Å². The highest BCUT2D eigenvalue weighted by molar-refractivity contribution is 7.89. The van der Waals surface area contributed by atoms with Gasteiger partial charge in [-0.25, -0.2) is 8.42 Å². The van der Waals surface area contributed by atoms with Crippen molar-refractivity contribution in [2.24, 2.45) is 0 Å². The van der Waals surface area contributed by atoms with Gasteiger partial charge in [0.2, 0.25) is 15.9 Å². The predicted octanol–water partition coefficient (Wildman–Crippen LogP) is 4.01. The highest BCUT2D eigenvalue weighted by atomic mass is 32.2. The molecule has 7 nitrogen and oxygen atoms in total. The Morgan fingerprint density at radius 2 is 1.69 bits per heavy atom. The Balaban J connectivity index is 1.61. The van der Waals surface area contributed by atoms with Crippen LogP contribution in [0.25, 0.3) is 0 Å². The normalized spacial score (nSPS) is 11.3. The highest BCUT2D eigenvalue weighted by Crippen LogP contribution is 2.19. The summed E-state index contributed by atoms with van der Waals surface area (Å²) in [7, 11) is -2.13. The summed E-state index contributed by atoms with van der Waals surface area (Å²) in [6.07, 6.45) is 1.72. The van der Waals surface area contributed by atoms with Crippen LogP contribution >= 0.6 is 0 Å². The molecule has 1 amide bonds. The molecule has 0 unspecified atom stereocenters. The van der Waals surface area contributed by atoms with E-state index in [2.05, 4.69) is 18.0 Å². The molecule has 3 rings (SSSR count). The third-order valence-corrected chi connectivity index (χ3v) is 7.13. The highest BCUT2D eigenvalue weighted by Gasteiger charge is 2.21. The smallest absolute Gasteiger partial charge is 0.243 e. The average Bonchev–Trinajstić information content (AvgIpc) is 2.85. The summed E-state index contributed by atoms with van der Waals surface area (Å²) in [5.41, 5.74) is 2.89. The molecular formula is C27H28N4O3S. The monoisotopic (exact) mass is 488 g/mol. The van der Waals surface area contributed by atoms with E-state index in [4.69, 9.17) is 5.26 Å². The van der Waals surface area contributed by atoms with Gasteiger partial charge in [0.25, 0.3) is 0 Å². The number of hydrogen-bond acceptors (Lipinski definition) is 5. The molecule has 0 saturated carbocycles. The minimum Gasteiger partial charge on any atom is -0.325 e. The lowest BCUT2D eigenvalue weighted by Crippen LogP contribution is -2.33. The quantitative estimate of drug-likeness (QED) is 0.412. The van der Waals surface area contributed by atoms with Crippen LogP contribution in [0.3, 0.4) is 0 Å². The molecule has 0 radical (unpaired) electrons. The van der Waals surface area contributed by atoms with Crippen LogP contribution in [0.5, 0.6) is 0 Å². The second-order valence-electron chi connectivity index (χ2n) is 8.09. The van der Waals surface area contributed by atoms with Gasteiger partial charge < -0.3 is 5.32 Å². The van der Waals surface area contributed by atoms with Gasteiger partial charge >= 0.3 is 0 Å². The molecule has 0 aliphatic heterocycles. The second-order valence-corrected chi connectivity index (χ2v) is 10.1. The third-order valence-electron chi connectivity index (χ3n) is 5.31. The summed E-state index contributed by atoms with van der Waals surface area (Å²) in [5, 5.41) is 11.9. The third kappa shape index (κ3) is 7.36. The SMILES string of the molecule is C=CCN(CC(=O)Nc1ccc(S(=O)(=O)N(C)Cc2ccccc2)cc1)Cc1cccc(C#N)c1. The van der Waals surface area contributed by atoms with Crippen molar-refractivity contribution in [3.8, 4) is 6.07 Å². The number of nitrogens with one attached hydrogen (secondary N) is 1. The topological polar surface area (TPSA) is 93.5 Å². The van der Waals surface area contributed by atoms with E-state index in [0.717, 1.165) is 11.1 Å². The summed E-state index contributed by atoms with van der Waals surface area (Å²) in [5.74, 6) is -0.236. The molecule has 0 aromatic heterocycles. The van der Waals surface area contributed by atoms with E-state index in [-0.39, 0.29) is 23.9 Å². The molecule has 3 aromatic rings. The zero-order valence-corrected chi connectivity index (χ0v) is 20.4. The van der Waals surface area contributed by atoms with Crippen LogP contribution in [-0.2, 0) is 27.9 Å². The van der Waals surface area contributed by atoms with Crippen LogP contribution in [0.4, 0.5) is 5.69 Å². The van der Waals surface area contributed by atoms with Crippen LogP contribution in [0.15, 0.2) is 96.4 Å². The molecule has 0 spiro atoms. The van der Waals surface area contributed by atoms with Crippen molar-refractivity contribution in [2.75, 3.05) is 25.5 Å². The first-order valence-corrected chi connectivity index (χ1v) is 12.5. The largest absolute Gasteiger partial charge is 0.325 e. The summed E-state index contributed by atoms with van der Waals surface area (Å²) < 4.78 is 27.1. The van der Waals surface area contributed by atoms with Gasteiger partial charge in [-0.1, -0.05) is 48.5 Å². The second kappa shape index (κ2) is 12.1. The molecule has 0 bridgehead atoms. The first-order valence-electron chi connectivity index (χ1n) is 11.0. The number of rotatable bonds is 11. The number of carbonyl (C=O) groups is 1. The summed E-state index contributed by atoms with van der Waals surface area (Å²) in [6.45, 7) is 5.11. The van der Waals surface area contributed by atoms with E-state index in [1.165, 1.54) is 16.4 Å². The molecule has 0 atom stereocenters. The van der Waals surface area contributed by atoms with Crippen LogP contribution in [0.1, 0.15) is 16.7 Å². The Morgan fingerprint density at radius 1 is 1.00 bits per heavy atom. The van der Waals surface area contributed by atoms with Crippen molar-refractivity contribution < 1.29 is 13.2 Å². The number of nitriles is 1. The molecule has 3 aromatic carbocycles. The Hall–Kier alpha value is -3.77. The number of carbonyl (C=O) groups excluding carboxylic acids is 1. The standard InChI is InChI=1S/C27H28N4O3S/c1-3-16-31(20-24-11-7-10-23(17-24)18-28)21-27(32)29-25-12-14-26(15-13-25)35(33,34)30(2)19-22-8-5-4-6-9-22/h3-15,17H,1,16,19-21H2,2H3,(H,29,32). The van der Waals surface area contributed by atoms with E-state index in [1.807, 2.05) is 47.4 Å². The summed E-state index contributed by atoms with van der Waals surface area (Å²) in [6, 6.07) is 24.9. The lowest BCUT2D eigenvalue weighted by Gasteiger charge is -2.20. The Kier molecular flexibility index (Phi) is 8.92. The van der Waals surface area contributed by atoms with Crippen molar-refractivity contribution in [1.29, 1.82) is 5.26 Å². The van der Waals surface area contributed by atoms with Gasteiger partial charge in [0, 0.05) is 32.4 Å². The molecule has 0 aliphatic carbocycles. The van der Waals surface area contributed by atoms with E-state index >= 15 is 0 Å². The van der Waals surface area contributed by atoms with Crippen LogP contribution in [0, 0.1) is 11.3 Å². The Labute approximate surface area is 207 Å². The van der Waals surface area contributed by atoms with Crippen molar-refractivity contribution in [3.63, 3.8) is 0 Å². The number of amides is 1. The van der Waals surface area contributed by atoms with E-state index < -0.39 is 10.0 Å². The minimum absolute atomic E-state index is 0.114. The fourth-order valence-electron chi connectivity index (χ4n) is 3.58. The summed E-state index contributed by atoms with van der Waals surface area (Å²) in [4.78, 5) is 14.7.